The molecule has 19 heavy (non-hydrogen) atoms. The van der Waals surface area contributed by atoms with E-state index in [1.54, 1.807) is 17.0 Å². The van der Waals surface area contributed by atoms with Gasteiger partial charge in [-0.3, -0.25) is 9.69 Å². The summed E-state index contributed by atoms with van der Waals surface area (Å²) in [6.07, 6.45) is 4.00. The van der Waals surface area contributed by atoms with Gasteiger partial charge in [0.15, 0.2) is 5.78 Å². The zero-order valence-corrected chi connectivity index (χ0v) is 11.0. The molecule has 1 amide bonds. The summed E-state index contributed by atoms with van der Waals surface area (Å²) in [4.78, 5) is 25.0. The highest BCUT2D eigenvalue weighted by Gasteiger charge is 2.43. The summed E-state index contributed by atoms with van der Waals surface area (Å²) in [7, 11) is 0. The summed E-state index contributed by atoms with van der Waals surface area (Å²) in [6.45, 7) is 1.54. The quantitative estimate of drug-likeness (QED) is 0.766. The first-order valence-electron chi connectivity index (χ1n) is 6.77. The molecule has 2 fully saturated rings. The number of ketones is 1. The van der Waals surface area contributed by atoms with Crippen LogP contribution in [0.5, 0.6) is 0 Å². The fraction of sp³-hybridized carbons (Fsp3) is 0.467. The Morgan fingerprint density at radius 1 is 1.21 bits per heavy atom. The summed E-state index contributed by atoms with van der Waals surface area (Å²) in [6, 6.07) is 7.34. The number of rotatable bonds is 2. The molecule has 100 valence electrons. The van der Waals surface area contributed by atoms with Crippen molar-refractivity contribution in [2.45, 2.75) is 44.8 Å². The lowest BCUT2D eigenvalue weighted by molar-refractivity contribution is 0.101. The summed E-state index contributed by atoms with van der Waals surface area (Å²) in [5.74, 6) is 0.0334. The summed E-state index contributed by atoms with van der Waals surface area (Å²) < 4.78 is 5.43. The molecule has 4 nitrogen and oxygen atoms in total. The molecule has 0 radical (unpaired) electrons. The van der Waals surface area contributed by atoms with Crippen LogP contribution in [0, 0.1) is 0 Å². The van der Waals surface area contributed by atoms with Crippen LogP contribution in [0.3, 0.4) is 0 Å². The molecule has 0 unspecified atom stereocenters. The van der Waals surface area contributed by atoms with Gasteiger partial charge in [0.05, 0.1) is 6.04 Å². The number of hydrogen-bond donors (Lipinski definition) is 0. The molecule has 0 N–H and O–H groups in total. The number of ether oxygens (including phenoxy) is 1. The van der Waals surface area contributed by atoms with E-state index in [1.807, 2.05) is 12.1 Å². The summed E-state index contributed by atoms with van der Waals surface area (Å²) >= 11 is 0. The fourth-order valence-electron chi connectivity index (χ4n) is 2.99. The van der Waals surface area contributed by atoms with Gasteiger partial charge in [0, 0.05) is 11.3 Å². The average Bonchev–Trinajstić information content (AvgIpc) is 2.74. The number of carbonyl (C=O) groups excluding carboxylic acids is 2. The second-order valence-corrected chi connectivity index (χ2v) is 5.25. The molecule has 0 bridgehead atoms. The van der Waals surface area contributed by atoms with Gasteiger partial charge in [-0.15, -0.1) is 0 Å². The lowest BCUT2D eigenvalue weighted by Gasteiger charge is -2.28. The number of amides is 1. The standard InChI is InChI=1S/C15H17NO3/c1-10(17)11-6-8-12(9-7-11)16-13-4-2-3-5-14(13)19-15(16)18/h6-9,13-14H,2-5H2,1H3/t13-,14+/m0/s1. The van der Waals surface area contributed by atoms with Gasteiger partial charge in [0.1, 0.15) is 6.10 Å². The SMILES string of the molecule is CC(=O)c1ccc(N2C(=O)O[C@@H]3CCCC[C@@H]32)cc1. The van der Waals surface area contributed by atoms with Crippen LogP contribution in [0.2, 0.25) is 0 Å². The van der Waals surface area contributed by atoms with E-state index >= 15 is 0 Å². The Hall–Kier alpha value is -1.84. The maximum Gasteiger partial charge on any atom is 0.415 e. The molecule has 1 saturated carbocycles. The minimum absolute atomic E-state index is 0.0334. The minimum atomic E-state index is -0.257. The molecule has 3 rings (SSSR count). The van der Waals surface area contributed by atoms with Crippen molar-refractivity contribution in [2.75, 3.05) is 4.90 Å². The highest BCUT2D eigenvalue weighted by molar-refractivity contribution is 5.95. The van der Waals surface area contributed by atoms with Gasteiger partial charge < -0.3 is 4.74 Å². The van der Waals surface area contributed by atoms with Crippen molar-refractivity contribution >= 4 is 17.6 Å². The first-order valence-corrected chi connectivity index (χ1v) is 6.77. The monoisotopic (exact) mass is 259 g/mol. The van der Waals surface area contributed by atoms with Crippen LogP contribution in [-0.4, -0.2) is 24.0 Å². The molecule has 1 aromatic carbocycles. The number of hydrogen-bond acceptors (Lipinski definition) is 3. The molecular formula is C15H17NO3. The third-order valence-corrected chi connectivity index (χ3v) is 4.00. The van der Waals surface area contributed by atoms with Crippen molar-refractivity contribution in [1.29, 1.82) is 0 Å². The number of benzene rings is 1. The van der Waals surface area contributed by atoms with Gasteiger partial charge >= 0.3 is 6.09 Å². The highest BCUT2D eigenvalue weighted by atomic mass is 16.6. The molecule has 1 aliphatic carbocycles. The molecule has 4 heteroatoms. The molecule has 2 aliphatic rings. The molecule has 1 heterocycles. The first-order chi connectivity index (χ1) is 9.16. The zero-order valence-electron chi connectivity index (χ0n) is 11.0. The molecule has 0 spiro atoms. The predicted octanol–water partition coefficient (Wildman–Crippen LogP) is 3.16. The van der Waals surface area contributed by atoms with Crippen molar-refractivity contribution in [3.8, 4) is 0 Å². The van der Waals surface area contributed by atoms with Gasteiger partial charge in [-0.25, -0.2) is 4.79 Å². The van der Waals surface area contributed by atoms with Crippen molar-refractivity contribution in [3.05, 3.63) is 29.8 Å². The van der Waals surface area contributed by atoms with Gasteiger partial charge in [-0.05, 0) is 50.5 Å². The van der Waals surface area contributed by atoms with Gasteiger partial charge in [0.25, 0.3) is 0 Å². The van der Waals surface area contributed by atoms with Crippen molar-refractivity contribution in [1.82, 2.24) is 0 Å². The average molecular weight is 259 g/mol. The summed E-state index contributed by atoms with van der Waals surface area (Å²) in [5, 5.41) is 0. The van der Waals surface area contributed by atoms with E-state index in [-0.39, 0.29) is 24.0 Å². The van der Waals surface area contributed by atoms with Crippen LogP contribution >= 0.6 is 0 Å². The van der Waals surface area contributed by atoms with E-state index in [4.69, 9.17) is 4.74 Å². The number of carbonyl (C=O) groups is 2. The van der Waals surface area contributed by atoms with E-state index in [0.29, 0.717) is 5.56 Å². The highest BCUT2D eigenvalue weighted by Crippen LogP contribution is 2.35. The molecule has 1 saturated heterocycles. The second kappa shape index (κ2) is 4.68. The first kappa shape index (κ1) is 12.2. The molecule has 1 aliphatic heterocycles. The zero-order chi connectivity index (χ0) is 13.4. The second-order valence-electron chi connectivity index (χ2n) is 5.25. The van der Waals surface area contributed by atoms with E-state index in [2.05, 4.69) is 0 Å². The van der Waals surface area contributed by atoms with E-state index in [9.17, 15) is 9.59 Å². The van der Waals surface area contributed by atoms with Crippen LogP contribution in [0.1, 0.15) is 43.0 Å². The lowest BCUT2D eigenvalue weighted by Crippen LogP contribution is -2.38. The topological polar surface area (TPSA) is 46.6 Å². The maximum absolute atomic E-state index is 12.0. The Morgan fingerprint density at radius 3 is 2.58 bits per heavy atom. The third kappa shape index (κ3) is 2.11. The lowest BCUT2D eigenvalue weighted by atomic mass is 9.92. The fourth-order valence-corrected chi connectivity index (χ4v) is 2.99. The summed E-state index contributed by atoms with van der Waals surface area (Å²) in [5.41, 5.74) is 1.49. The Balaban J connectivity index is 1.88. The Morgan fingerprint density at radius 2 is 1.89 bits per heavy atom. The number of fused-ring (bicyclic) bond motifs is 1. The minimum Gasteiger partial charge on any atom is -0.444 e. The van der Waals surface area contributed by atoms with Crippen molar-refractivity contribution in [3.63, 3.8) is 0 Å². The number of anilines is 1. The molecule has 2 atom stereocenters. The van der Waals surface area contributed by atoms with Crippen LogP contribution in [0.15, 0.2) is 24.3 Å². The van der Waals surface area contributed by atoms with Crippen molar-refractivity contribution < 1.29 is 14.3 Å². The Kier molecular flexibility index (Phi) is 3.01. The third-order valence-electron chi connectivity index (χ3n) is 4.00. The van der Waals surface area contributed by atoms with E-state index < -0.39 is 0 Å². The Labute approximate surface area is 112 Å². The van der Waals surface area contributed by atoms with Gasteiger partial charge in [0.2, 0.25) is 0 Å². The van der Waals surface area contributed by atoms with Crippen LogP contribution in [-0.2, 0) is 4.74 Å². The molecule has 1 aromatic rings. The number of nitrogens with zero attached hydrogens (tertiary/aromatic N) is 1. The van der Waals surface area contributed by atoms with Crippen molar-refractivity contribution in [2.24, 2.45) is 0 Å². The number of Topliss-reactive ketones (excluding diaryl/α,β-unsaturated/α-hetero) is 1. The van der Waals surface area contributed by atoms with Crippen LogP contribution in [0.4, 0.5) is 10.5 Å². The smallest absolute Gasteiger partial charge is 0.415 e. The molecular weight excluding hydrogens is 242 g/mol. The van der Waals surface area contributed by atoms with Gasteiger partial charge in [-0.1, -0.05) is 6.42 Å². The van der Waals surface area contributed by atoms with E-state index in [1.165, 1.54) is 6.92 Å². The van der Waals surface area contributed by atoms with Crippen LogP contribution in [0.25, 0.3) is 0 Å². The van der Waals surface area contributed by atoms with Gasteiger partial charge in [-0.2, -0.15) is 0 Å². The normalized spacial score (nSPS) is 25.9. The van der Waals surface area contributed by atoms with Crippen LogP contribution < -0.4 is 4.90 Å². The van der Waals surface area contributed by atoms with E-state index in [0.717, 1.165) is 31.4 Å². The Bertz CT molecular complexity index is 509. The predicted molar refractivity (Wildman–Crippen MR) is 71.5 cm³/mol. The molecule has 0 aromatic heterocycles. The maximum atomic E-state index is 12.0. The largest absolute Gasteiger partial charge is 0.444 e.